The van der Waals surface area contributed by atoms with E-state index in [1.165, 1.54) is 0 Å². The Hall–Kier alpha value is -6.42. The molecule has 2 heterocycles. The summed E-state index contributed by atoms with van der Waals surface area (Å²) < 4.78 is 292. The van der Waals surface area contributed by atoms with E-state index >= 15 is 0 Å². The Balaban J connectivity index is 1.66. The number of thiophene rings is 1. The molecule has 0 amide bonds. The molecule has 0 unspecified atom stereocenters. The molecule has 0 saturated carbocycles. The first kappa shape index (κ1) is 11.6. The second-order valence-electron chi connectivity index (χ2n) is 10.5. The third-order valence-corrected chi connectivity index (χ3v) is 8.90. The lowest BCUT2D eigenvalue weighted by Gasteiger charge is -2.27. The minimum Gasteiger partial charge on any atom is -0.307 e. The molecule has 10 aromatic rings. The van der Waals surface area contributed by atoms with Gasteiger partial charge in [0.25, 0.3) is 0 Å². The standard InChI is InChI=1S/C48H32N2S/c1-5-17-33(18-6-1)35-31-41(34-19-7-2-8-20-34)46-42(32-35)39-26-15-28-43(47(39)50(46)37-23-11-4-12-24-37)49(36-21-9-3-10-22-36)44-29-16-27-40-38-25-13-14-30-45(38)51-48(40)44/h1-32H/i1D,2D,3D,4D,5D,6D,7D,8D,9D,10D,11D,12D,13D,14D,15D,16D,17D,18D,19D,20D,21D,22D,23D,24D,25D,26D,27D,28D,29D,30D,31D,32D. The highest BCUT2D eigenvalue weighted by molar-refractivity contribution is 7.26. The van der Waals surface area contributed by atoms with Gasteiger partial charge in [0.1, 0.15) is 0 Å². The summed E-state index contributed by atoms with van der Waals surface area (Å²) in [6, 6.07) is -34.1. The van der Waals surface area contributed by atoms with Crippen LogP contribution in [-0.2, 0) is 0 Å². The van der Waals surface area contributed by atoms with Crippen molar-refractivity contribution in [1.29, 1.82) is 0 Å². The van der Waals surface area contributed by atoms with Crippen molar-refractivity contribution in [2.45, 2.75) is 0 Å². The number of aromatic nitrogens is 1. The van der Waals surface area contributed by atoms with Crippen molar-refractivity contribution in [3.63, 3.8) is 0 Å². The van der Waals surface area contributed by atoms with Crippen LogP contribution in [-0.4, -0.2) is 4.57 Å². The molecule has 0 N–H and O–H groups in total. The average Bonchev–Trinajstić information content (AvgIpc) is 1.63. The van der Waals surface area contributed by atoms with Gasteiger partial charge < -0.3 is 9.47 Å². The number of benzene rings is 8. The normalized spacial score (nSPS) is 20.3. The lowest BCUT2D eigenvalue weighted by Crippen LogP contribution is -2.11. The maximum absolute atomic E-state index is 10.1. The van der Waals surface area contributed by atoms with E-state index in [4.69, 9.17) is 24.7 Å². The van der Waals surface area contributed by atoms with Crippen LogP contribution in [0.1, 0.15) is 43.9 Å². The first-order valence-corrected chi connectivity index (χ1v) is 15.6. The van der Waals surface area contributed by atoms with Crippen molar-refractivity contribution in [3.05, 3.63) is 193 Å². The number of hydrogen-bond acceptors (Lipinski definition) is 2. The summed E-state index contributed by atoms with van der Waals surface area (Å²) in [6.45, 7) is 0. The van der Waals surface area contributed by atoms with Crippen LogP contribution in [0.15, 0.2) is 193 Å². The molecule has 240 valence electrons. The predicted octanol–water partition coefficient (Wildman–Crippen LogP) is 14.0. The zero-order valence-corrected chi connectivity index (χ0v) is 26.1. The van der Waals surface area contributed by atoms with Gasteiger partial charge >= 0.3 is 0 Å². The van der Waals surface area contributed by atoms with E-state index in [0.29, 0.717) is 20.8 Å². The second kappa shape index (κ2) is 12.2. The average molecular weight is 701 g/mol. The van der Waals surface area contributed by atoms with Crippen molar-refractivity contribution in [3.8, 4) is 27.9 Å². The van der Waals surface area contributed by atoms with E-state index in [1.807, 2.05) is 0 Å². The third kappa shape index (κ3) is 4.85. The fraction of sp³-hybridized carbons (Fsp3) is 0. The van der Waals surface area contributed by atoms with Gasteiger partial charge in [-0.2, -0.15) is 0 Å². The van der Waals surface area contributed by atoms with Crippen molar-refractivity contribution in [1.82, 2.24) is 4.57 Å². The van der Waals surface area contributed by atoms with Crippen LogP contribution < -0.4 is 4.90 Å². The van der Waals surface area contributed by atoms with Crippen LogP contribution in [0.5, 0.6) is 0 Å². The third-order valence-electron chi connectivity index (χ3n) is 7.79. The minimum atomic E-state index is -1.27. The zero-order chi connectivity index (χ0) is 61.6. The van der Waals surface area contributed by atoms with Crippen molar-refractivity contribution >= 4 is 70.4 Å². The molecule has 8 aromatic carbocycles. The number of hydrogen-bond donors (Lipinski definition) is 0. The van der Waals surface area contributed by atoms with E-state index in [1.54, 1.807) is 0 Å². The molecule has 0 aliphatic rings. The fourth-order valence-corrected chi connectivity index (χ4v) is 6.85. The number of nitrogens with zero attached hydrogens (tertiary/aromatic N) is 2. The Morgan fingerprint density at radius 3 is 1.76 bits per heavy atom. The Kier molecular flexibility index (Phi) is 2.76. The van der Waals surface area contributed by atoms with Gasteiger partial charge in [0.2, 0.25) is 0 Å². The summed E-state index contributed by atoms with van der Waals surface area (Å²) in [5, 5.41) is -2.71. The highest BCUT2D eigenvalue weighted by Crippen LogP contribution is 2.49. The van der Waals surface area contributed by atoms with E-state index in [9.17, 15) is 19.2 Å². The second-order valence-corrected chi connectivity index (χ2v) is 11.5. The van der Waals surface area contributed by atoms with Gasteiger partial charge in [0, 0.05) is 43.2 Å². The minimum absolute atomic E-state index is 0.316. The number of para-hydroxylation sites is 3. The molecule has 3 heteroatoms. The molecule has 10 rings (SSSR count). The maximum atomic E-state index is 10.1. The molecule has 0 spiro atoms. The number of fused-ring (bicyclic) bond motifs is 6. The highest BCUT2D eigenvalue weighted by atomic mass is 32.1. The summed E-state index contributed by atoms with van der Waals surface area (Å²) in [7, 11) is 0. The molecule has 0 radical (unpaired) electrons. The molecule has 0 bridgehead atoms. The van der Waals surface area contributed by atoms with Crippen LogP contribution >= 0.6 is 11.3 Å². The quantitative estimate of drug-likeness (QED) is 0.168. The largest absolute Gasteiger partial charge is 0.307 e. The van der Waals surface area contributed by atoms with Gasteiger partial charge in [-0.1, -0.05) is 139 Å². The molecule has 2 aromatic heterocycles. The van der Waals surface area contributed by atoms with Gasteiger partial charge in [-0.15, -0.1) is 11.3 Å². The Morgan fingerprint density at radius 1 is 0.431 bits per heavy atom. The van der Waals surface area contributed by atoms with E-state index in [2.05, 4.69) is 0 Å². The van der Waals surface area contributed by atoms with Crippen LogP contribution in [0.2, 0.25) is 0 Å². The van der Waals surface area contributed by atoms with Crippen LogP contribution in [0.3, 0.4) is 0 Å². The molecule has 0 atom stereocenters. The zero-order valence-electron chi connectivity index (χ0n) is 57.3. The van der Waals surface area contributed by atoms with E-state index in [-0.39, 0.29) is 4.70 Å². The van der Waals surface area contributed by atoms with Crippen LogP contribution in [0, 0.1) is 0 Å². The molecular formula is C48H32N2S. The summed E-state index contributed by atoms with van der Waals surface area (Å²) >= 11 is 0.443. The Morgan fingerprint density at radius 2 is 1.02 bits per heavy atom. The summed E-state index contributed by atoms with van der Waals surface area (Å²) in [4.78, 5) is 0.521. The van der Waals surface area contributed by atoms with E-state index in [0.717, 1.165) is 0 Å². The first-order valence-electron chi connectivity index (χ1n) is 30.7. The SMILES string of the molecule is [2H]c1c([2H])c([2H])c(-c2c([2H])c(-c3c([2H])c([2H])c([2H])c([2H])c3[2H])c3c(c2[2H])c2c([2H])c([2H])c([2H])c(N(c4c([2H])c([2H])c([2H])c([2H])c4[2H])c4c([2H])c([2H])c([2H])c5c4sc4c([2H])c([2H])c([2H])c([2H])c45)c2n3-c2c([2H])c([2H])c([2H])c([2H])c2[2H])c([2H])c1[2H]. The van der Waals surface area contributed by atoms with E-state index < -0.39 is 276 Å². The predicted molar refractivity (Wildman–Crippen MR) is 219 cm³/mol. The Bertz CT molecular complexity index is 4600. The highest BCUT2D eigenvalue weighted by Gasteiger charge is 2.25. The summed E-state index contributed by atoms with van der Waals surface area (Å²) in [5.74, 6) is 0. The number of anilines is 3. The summed E-state index contributed by atoms with van der Waals surface area (Å²) in [6.07, 6.45) is 0. The van der Waals surface area contributed by atoms with Crippen molar-refractivity contribution in [2.75, 3.05) is 4.90 Å². The molecule has 51 heavy (non-hydrogen) atoms. The van der Waals surface area contributed by atoms with Crippen LogP contribution in [0.4, 0.5) is 17.1 Å². The maximum Gasteiger partial charge on any atom is 0.0782 e. The van der Waals surface area contributed by atoms with Crippen molar-refractivity contribution < 1.29 is 43.9 Å². The lowest BCUT2D eigenvalue weighted by molar-refractivity contribution is 1.17. The monoisotopic (exact) mass is 700 g/mol. The molecule has 0 aliphatic carbocycles. The van der Waals surface area contributed by atoms with Gasteiger partial charge in [-0.25, -0.2) is 0 Å². The van der Waals surface area contributed by atoms with Gasteiger partial charge in [-0.3, -0.25) is 0 Å². The Labute approximate surface area is 345 Å². The van der Waals surface area contributed by atoms with Gasteiger partial charge in [0.05, 0.1) is 71.0 Å². The van der Waals surface area contributed by atoms with Gasteiger partial charge in [-0.05, 0) is 71.1 Å². The molecular weight excluding hydrogens is 637 g/mol. The smallest absolute Gasteiger partial charge is 0.0782 e. The molecule has 0 fully saturated rings. The van der Waals surface area contributed by atoms with Crippen molar-refractivity contribution in [2.24, 2.45) is 0 Å². The van der Waals surface area contributed by atoms with Gasteiger partial charge in [0.15, 0.2) is 0 Å². The fourth-order valence-electron chi connectivity index (χ4n) is 5.79. The first-order chi connectivity index (χ1) is 38.6. The number of rotatable bonds is 6. The summed E-state index contributed by atoms with van der Waals surface area (Å²) in [5.41, 5.74) is -9.96. The molecule has 0 saturated heterocycles. The molecule has 2 nitrogen and oxygen atoms in total. The lowest BCUT2D eigenvalue weighted by atomic mass is 9.95. The van der Waals surface area contributed by atoms with Crippen LogP contribution in [0.25, 0.3) is 69.9 Å². The molecule has 0 aliphatic heterocycles. The topological polar surface area (TPSA) is 8.17 Å².